The van der Waals surface area contributed by atoms with Crippen LogP contribution in [0.25, 0.3) is 10.9 Å². The summed E-state index contributed by atoms with van der Waals surface area (Å²) in [5.41, 5.74) is -1.30. The lowest BCUT2D eigenvalue weighted by molar-refractivity contribution is 0.0257. The molecule has 1 aliphatic rings. The van der Waals surface area contributed by atoms with Crippen molar-refractivity contribution in [2.45, 2.75) is 38.5 Å². The summed E-state index contributed by atoms with van der Waals surface area (Å²) in [6, 6.07) is 9.57. The zero-order chi connectivity index (χ0) is 23.1. The van der Waals surface area contributed by atoms with Crippen molar-refractivity contribution in [3.63, 3.8) is 0 Å². The summed E-state index contributed by atoms with van der Waals surface area (Å²) >= 11 is 5.87. The van der Waals surface area contributed by atoms with Gasteiger partial charge in [-0.3, -0.25) is 0 Å². The topological polar surface area (TPSA) is 67.3 Å². The second-order valence-electron chi connectivity index (χ2n) is 8.80. The lowest BCUT2D eigenvalue weighted by atomic mass is 9.93. The highest BCUT2D eigenvalue weighted by Crippen LogP contribution is 2.39. The summed E-state index contributed by atoms with van der Waals surface area (Å²) in [7, 11) is 0. The summed E-state index contributed by atoms with van der Waals surface area (Å²) in [6.45, 7) is 5.43. The molecular weight excluding hydrogens is 438 g/mol. The summed E-state index contributed by atoms with van der Waals surface area (Å²) in [6.07, 6.45) is 0.939. The molecule has 3 aromatic rings. The summed E-state index contributed by atoms with van der Waals surface area (Å²) in [5.74, 6) is -0.286. The van der Waals surface area contributed by atoms with Crippen LogP contribution >= 0.6 is 11.6 Å². The number of rotatable bonds is 3. The Morgan fingerprint density at radius 3 is 2.78 bits per heavy atom. The third-order valence-electron chi connectivity index (χ3n) is 5.23. The molecule has 1 aliphatic heterocycles. The number of alkyl halides is 1. The number of nitrogens with one attached hydrogen (secondary N) is 1. The molecule has 2 heterocycles. The standard InChI is InChI=1S/C23H23ClF2N4O2/c1-22(2,3)32-21(31)30-10-9-23(26,12-30)14-7-8-17-15(11-14)20(28-13-27-17)29-18-6-4-5-16(24)19(18)25/h4-8,11,13H,9-10,12H2,1-3H3,(H,27,28,29)/t23-/m0/s1. The number of likely N-dealkylation sites (tertiary alicyclic amines) is 1. The Hall–Kier alpha value is -3.00. The summed E-state index contributed by atoms with van der Waals surface area (Å²) in [5, 5.41) is 3.42. The first-order valence-electron chi connectivity index (χ1n) is 10.2. The number of hydrogen-bond donors (Lipinski definition) is 1. The minimum Gasteiger partial charge on any atom is -0.444 e. The van der Waals surface area contributed by atoms with Crippen molar-refractivity contribution >= 4 is 40.1 Å². The fourth-order valence-electron chi connectivity index (χ4n) is 3.65. The second kappa shape index (κ2) is 8.16. The van der Waals surface area contributed by atoms with E-state index in [1.807, 2.05) is 0 Å². The number of halogens is 3. The molecule has 1 atom stereocenters. The van der Waals surface area contributed by atoms with E-state index in [2.05, 4.69) is 15.3 Å². The Bertz CT molecular complexity index is 1180. The highest BCUT2D eigenvalue weighted by molar-refractivity contribution is 6.31. The van der Waals surface area contributed by atoms with Gasteiger partial charge in [-0.1, -0.05) is 23.7 Å². The Balaban J connectivity index is 1.64. The van der Waals surface area contributed by atoms with Crippen molar-refractivity contribution in [1.82, 2.24) is 14.9 Å². The summed E-state index contributed by atoms with van der Waals surface area (Å²) < 4.78 is 35.6. The van der Waals surface area contributed by atoms with Crippen molar-refractivity contribution in [3.05, 3.63) is 59.1 Å². The molecule has 4 rings (SSSR count). The first-order chi connectivity index (χ1) is 15.1. The SMILES string of the molecule is CC(C)(C)OC(=O)N1CC[C@@](F)(c2ccc3ncnc(Nc4cccc(Cl)c4F)c3c2)C1. The maximum absolute atomic E-state index is 15.9. The van der Waals surface area contributed by atoms with Gasteiger partial charge in [-0.25, -0.2) is 23.5 Å². The van der Waals surface area contributed by atoms with E-state index < -0.39 is 23.2 Å². The second-order valence-corrected chi connectivity index (χ2v) is 9.20. The van der Waals surface area contributed by atoms with Gasteiger partial charge in [0.1, 0.15) is 17.7 Å². The minimum absolute atomic E-state index is 0.0232. The third-order valence-corrected chi connectivity index (χ3v) is 5.52. The predicted octanol–water partition coefficient (Wildman–Crippen LogP) is 5.97. The van der Waals surface area contributed by atoms with Gasteiger partial charge in [-0.2, -0.15) is 0 Å². The van der Waals surface area contributed by atoms with Gasteiger partial charge >= 0.3 is 6.09 Å². The van der Waals surface area contributed by atoms with Crippen LogP contribution in [-0.2, 0) is 10.4 Å². The zero-order valence-electron chi connectivity index (χ0n) is 18.0. The van der Waals surface area contributed by atoms with Crippen LogP contribution in [0, 0.1) is 5.82 Å². The monoisotopic (exact) mass is 460 g/mol. The normalized spacial score (nSPS) is 18.8. The predicted molar refractivity (Wildman–Crippen MR) is 119 cm³/mol. The van der Waals surface area contributed by atoms with Crippen LogP contribution in [0.15, 0.2) is 42.7 Å². The van der Waals surface area contributed by atoms with Crippen LogP contribution in [0.1, 0.15) is 32.8 Å². The highest BCUT2D eigenvalue weighted by atomic mass is 35.5. The van der Waals surface area contributed by atoms with Crippen molar-refractivity contribution in [3.8, 4) is 0 Å². The maximum atomic E-state index is 15.9. The third kappa shape index (κ3) is 4.46. The van der Waals surface area contributed by atoms with Gasteiger partial charge in [-0.05, 0) is 50.6 Å². The fourth-order valence-corrected chi connectivity index (χ4v) is 3.83. The van der Waals surface area contributed by atoms with E-state index in [4.69, 9.17) is 16.3 Å². The van der Waals surface area contributed by atoms with Crippen LogP contribution in [0.2, 0.25) is 5.02 Å². The van der Waals surface area contributed by atoms with E-state index in [0.29, 0.717) is 22.3 Å². The molecule has 32 heavy (non-hydrogen) atoms. The number of fused-ring (bicyclic) bond motifs is 1. The molecule has 0 spiro atoms. The Kier molecular flexibility index (Phi) is 5.67. The number of nitrogens with zero attached hydrogens (tertiary/aromatic N) is 3. The molecule has 1 N–H and O–H groups in total. The lowest BCUT2D eigenvalue weighted by Gasteiger charge is -2.25. The quantitative estimate of drug-likeness (QED) is 0.521. The Labute approximate surface area is 189 Å². The number of hydrogen-bond acceptors (Lipinski definition) is 5. The molecule has 2 aromatic carbocycles. The largest absolute Gasteiger partial charge is 0.444 e. The van der Waals surface area contributed by atoms with E-state index in [-0.39, 0.29) is 30.2 Å². The smallest absolute Gasteiger partial charge is 0.410 e. The number of carbonyl (C=O) groups is 1. The van der Waals surface area contributed by atoms with Gasteiger partial charge in [0, 0.05) is 18.4 Å². The van der Waals surface area contributed by atoms with Gasteiger partial charge in [-0.15, -0.1) is 0 Å². The van der Waals surface area contributed by atoms with Crippen LogP contribution < -0.4 is 5.32 Å². The van der Waals surface area contributed by atoms with Gasteiger partial charge in [0.25, 0.3) is 0 Å². The number of benzene rings is 2. The molecule has 0 unspecified atom stereocenters. The number of ether oxygens (including phenoxy) is 1. The van der Waals surface area contributed by atoms with Crippen LogP contribution in [-0.4, -0.2) is 39.7 Å². The highest BCUT2D eigenvalue weighted by Gasteiger charge is 2.43. The van der Waals surface area contributed by atoms with Crippen molar-refractivity contribution in [1.29, 1.82) is 0 Å². The van der Waals surface area contributed by atoms with Gasteiger partial charge in [0.15, 0.2) is 11.5 Å². The number of anilines is 2. The van der Waals surface area contributed by atoms with E-state index in [1.165, 1.54) is 23.4 Å². The molecule has 1 amide bonds. The molecule has 0 radical (unpaired) electrons. The van der Waals surface area contributed by atoms with E-state index >= 15 is 4.39 Å². The molecule has 6 nitrogen and oxygen atoms in total. The van der Waals surface area contributed by atoms with Crippen LogP contribution in [0.5, 0.6) is 0 Å². The minimum atomic E-state index is -1.75. The van der Waals surface area contributed by atoms with Gasteiger partial charge in [0.2, 0.25) is 0 Å². The van der Waals surface area contributed by atoms with Crippen molar-refractivity contribution < 1.29 is 18.3 Å². The van der Waals surface area contributed by atoms with Crippen molar-refractivity contribution in [2.75, 3.05) is 18.4 Å². The van der Waals surface area contributed by atoms with Crippen LogP contribution in [0.3, 0.4) is 0 Å². The molecular formula is C23H23ClF2N4O2. The molecule has 1 aromatic heterocycles. The van der Waals surface area contributed by atoms with E-state index in [1.54, 1.807) is 45.0 Å². The molecule has 0 saturated carbocycles. The number of amides is 1. The summed E-state index contributed by atoms with van der Waals surface area (Å²) in [4.78, 5) is 22.2. The van der Waals surface area contributed by atoms with Gasteiger partial charge < -0.3 is 15.0 Å². The average molecular weight is 461 g/mol. The first kappa shape index (κ1) is 22.2. The lowest BCUT2D eigenvalue weighted by Crippen LogP contribution is -2.37. The molecule has 9 heteroatoms. The maximum Gasteiger partial charge on any atom is 0.410 e. The molecule has 0 bridgehead atoms. The Morgan fingerprint density at radius 1 is 1.25 bits per heavy atom. The van der Waals surface area contributed by atoms with E-state index in [0.717, 1.165) is 0 Å². The molecule has 1 fully saturated rings. The number of carbonyl (C=O) groups excluding carboxylic acids is 1. The first-order valence-corrected chi connectivity index (χ1v) is 10.6. The van der Waals surface area contributed by atoms with Gasteiger partial charge in [0.05, 0.1) is 22.8 Å². The molecule has 1 saturated heterocycles. The van der Waals surface area contributed by atoms with Crippen LogP contribution in [0.4, 0.5) is 25.1 Å². The van der Waals surface area contributed by atoms with Crippen molar-refractivity contribution in [2.24, 2.45) is 0 Å². The Morgan fingerprint density at radius 2 is 2.03 bits per heavy atom. The average Bonchev–Trinajstić information content (AvgIpc) is 3.14. The number of aromatic nitrogens is 2. The fraction of sp³-hybridized carbons (Fsp3) is 0.348. The zero-order valence-corrected chi connectivity index (χ0v) is 18.7. The van der Waals surface area contributed by atoms with E-state index in [9.17, 15) is 9.18 Å². The molecule has 168 valence electrons. The molecule has 0 aliphatic carbocycles.